The number of hydrogen-bond acceptors (Lipinski definition) is 2. The Balaban J connectivity index is 4.72. The van der Waals surface area contributed by atoms with Crippen LogP contribution < -0.4 is 0 Å². The van der Waals surface area contributed by atoms with Crippen molar-refractivity contribution in [2.75, 3.05) is 13.1 Å². The summed E-state index contributed by atoms with van der Waals surface area (Å²) in [6, 6.07) is 0. The fraction of sp³-hybridized carbons (Fsp3) is 0.583. The van der Waals surface area contributed by atoms with E-state index in [1.807, 2.05) is 13.8 Å². The van der Waals surface area contributed by atoms with E-state index in [9.17, 15) is 4.79 Å². The predicted octanol–water partition coefficient (Wildman–Crippen LogP) is 3.41. The van der Waals surface area contributed by atoms with E-state index in [0.29, 0.717) is 13.1 Å². The number of rotatable bonds is 5. The van der Waals surface area contributed by atoms with Crippen molar-refractivity contribution in [2.24, 2.45) is 0 Å². The molecule has 0 N–H and O–H groups in total. The van der Waals surface area contributed by atoms with Crippen LogP contribution in [0.2, 0.25) is 19.6 Å². The van der Waals surface area contributed by atoms with Crippen molar-refractivity contribution >= 4 is 14.2 Å². The molecule has 0 saturated carbocycles. The van der Waals surface area contributed by atoms with Crippen molar-refractivity contribution < 1.29 is 9.53 Å². The maximum absolute atomic E-state index is 11.8. The Labute approximate surface area is 99.8 Å². The van der Waals surface area contributed by atoms with Crippen LogP contribution in [-0.2, 0) is 4.74 Å². The van der Waals surface area contributed by atoms with Gasteiger partial charge in [0.1, 0.15) is 8.07 Å². The molecule has 0 aliphatic rings. The third-order valence-corrected chi connectivity index (χ3v) is 3.97. The molecule has 0 aliphatic heterocycles. The standard InChI is InChI=1S/C12H23NO2Si/c1-7-10-11(16(4,5)6)15-12(14)13(8-2)9-3/h7,10H,1,8-9H2,2-6H3/b11-10-. The molecule has 0 unspecified atom stereocenters. The van der Waals surface area contributed by atoms with Gasteiger partial charge >= 0.3 is 6.09 Å². The van der Waals surface area contributed by atoms with Crippen LogP contribution in [0.15, 0.2) is 24.1 Å². The van der Waals surface area contributed by atoms with Crippen LogP contribution in [-0.4, -0.2) is 32.2 Å². The molecule has 4 heteroatoms. The minimum Gasteiger partial charge on any atom is -0.420 e. The fourth-order valence-corrected chi connectivity index (χ4v) is 2.20. The third kappa shape index (κ3) is 4.66. The van der Waals surface area contributed by atoms with Gasteiger partial charge in [-0.15, -0.1) is 0 Å². The quantitative estimate of drug-likeness (QED) is 0.419. The molecule has 16 heavy (non-hydrogen) atoms. The number of carbonyl (C=O) groups excluding carboxylic acids is 1. The second kappa shape index (κ2) is 6.53. The zero-order chi connectivity index (χ0) is 12.8. The monoisotopic (exact) mass is 241 g/mol. The third-order valence-electron chi connectivity index (χ3n) is 2.23. The predicted molar refractivity (Wildman–Crippen MR) is 71.0 cm³/mol. The molecule has 0 heterocycles. The van der Waals surface area contributed by atoms with E-state index in [2.05, 4.69) is 26.2 Å². The molecule has 0 rings (SSSR count). The van der Waals surface area contributed by atoms with E-state index in [1.165, 1.54) is 0 Å². The molecule has 1 amide bonds. The second-order valence-electron chi connectivity index (χ2n) is 4.56. The number of amides is 1. The van der Waals surface area contributed by atoms with Crippen LogP contribution >= 0.6 is 0 Å². The van der Waals surface area contributed by atoms with Gasteiger partial charge in [-0.25, -0.2) is 4.79 Å². The maximum Gasteiger partial charge on any atom is 0.414 e. The fourth-order valence-electron chi connectivity index (χ4n) is 1.18. The number of nitrogens with zero attached hydrogens (tertiary/aromatic N) is 1. The number of hydrogen-bond donors (Lipinski definition) is 0. The normalized spacial score (nSPS) is 12.2. The molecule has 0 bridgehead atoms. The van der Waals surface area contributed by atoms with E-state index < -0.39 is 8.07 Å². The number of allylic oxidation sites excluding steroid dienone is 2. The number of ether oxygens (including phenoxy) is 1. The Morgan fingerprint density at radius 2 is 1.81 bits per heavy atom. The van der Waals surface area contributed by atoms with Gasteiger partial charge < -0.3 is 9.64 Å². The van der Waals surface area contributed by atoms with Crippen LogP contribution in [0.25, 0.3) is 0 Å². The molecule has 0 fully saturated rings. The molecule has 92 valence electrons. The lowest BCUT2D eigenvalue weighted by Gasteiger charge is -2.24. The summed E-state index contributed by atoms with van der Waals surface area (Å²) in [5.41, 5.74) is 0. The lowest BCUT2D eigenvalue weighted by atomic mass is 10.5. The molecule has 0 aromatic rings. The first-order valence-electron chi connectivity index (χ1n) is 5.66. The highest BCUT2D eigenvalue weighted by atomic mass is 28.3. The Kier molecular flexibility index (Phi) is 6.11. The first kappa shape index (κ1) is 15.0. The Morgan fingerprint density at radius 3 is 2.12 bits per heavy atom. The largest absolute Gasteiger partial charge is 0.420 e. The van der Waals surface area contributed by atoms with E-state index in [0.717, 1.165) is 5.38 Å². The van der Waals surface area contributed by atoms with Gasteiger partial charge in [0.25, 0.3) is 0 Å². The van der Waals surface area contributed by atoms with Gasteiger partial charge in [0.15, 0.2) is 0 Å². The second-order valence-corrected chi connectivity index (χ2v) is 9.55. The van der Waals surface area contributed by atoms with E-state index in [1.54, 1.807) is 17.1 Å². The molecule has 0 saturated heterocycles. The van der Waals surface area contributed by atoms with Crippen molar-refractivity contribution in [1.82, 2.24) is 4.90 Å². The van der Waals surface area contributed by atoms with E-state index >= 15 is 0 Å². The summed E-state index contributed by atoms with van der Waals surface area (Å²) in [7, 11) is -1.62. The molecule has 0 aromatic heterocycles. The van der Waals surface area contributed by atoms with Crippen LogP contribution in [0.3, 0.4) is 0 Å². The summed E-state index contributed by atoms with van der Waals surface area (Å²) in [5.74, 6) is 0. The highest BCUT2D eigenvalue weighted by Crippen LogP contribution is 2.17. The number of carbonyl (C=O) groups is 1. The summed E-state index contributed by atoms with van der Waals surface area (Å²) in [4.78, 5) is 13.5. The average molecular weight is 241 g/mol. The summed E-state index contributed by atoms with van der Waals surface area (Å²) < 4.78 is 5.44. The van der Waals surface area contributed by atoms with Gasteiger partial charge in [-0.1, -0.05) is 32.3 Å². The van der Waals surface area contributed by atoms with Crippen LogP contribution in [0.4, 0.5) is 4.79 Å². The summed E-state index contributed by atoms with van der Waals surface area (Å²) >= 11 is 0. The van der Waals surface area contributed by atoms with Crippen molar-refractivity contribution in [3.63, 3.8) is 0 Å². The lowest BCUT2D eigenvalue weighted by Crippen LogP contribution is -2.35. The molecule has 0 aromatic carbocycles. The molecule has 0 atom stereocenters. The first-order valence-corrected chi connectivity index (χ1v) is 9.16. The molecule has 0 spiro atoms. The molecular weight excluding hydrogens is 218 g/mol. The van der Waals surface area contributed by atoms with Crippen molar-refractivity contribution in [3.05, 3.63) is 24.1 Å². The maximum atomic E-state index is 11.8. The zero-order valence-corrected chi connectivity index (χ0v) is 12.0. The molecule has 0 aliphatic carbocycles. The Bertz CT molecular complexity index is 275. The van der Waals surface area contributed by atoms with Crippen LogP contribution in [0.1, 0.15) is 13.8 Å². The van der Waals surface area contributed by atoms with Crippen molar-refractivity contribution in [2.45, 2.75) is 33.5 Å². The first-order chi connectivity index (χ1) is 7.36. The smallest absolute Gasteiger partial charge is 0.414 e. The molecule has 0 radical (unpaired) electrons. The van der Waals surface area contributed by atoms with Crippen molar-refractivity contribution in [3.8, 4) is 0 Å². The van der Waals surface area contributed by atoms with Gasteiger partial charge in [-0.05, 0) is 19.9 Å². The van der Waals surface area contributed by atoms with Gasteiger partial charge in [-0.3, -0.25) is 0 Å². The Hall–Kier alpha value is -1.03. The van der Waals surface area contributed by atoms with Crippen LogP contribution in [0, 0.1) is 0 Å². The van der Waals surface area contributed by atoms with Gasteiger partial charge in [0.2, 0.25) is 0 Å². The topological polar surface area (TPSA) is 29.5 Å². The van der Waals surface area contributed by atoms with Gasteiger partial charge in [-0.2, -0.15) is 0 Å². The van der Waals surface area contributed by atoms with E-state index in [4.69, 9.17) is 4.74 Å². The zero-order valence-electron chi connectivity index (χ0n) is 11.0. The summed E-state index contributed by atoms with van der Waals surface area (Å²) in [6.45, 7) is 15.3. The minimum atomic E-state index is -1.62. The highest BCUT2D eigenvalue weighted by Gasteiger charge is 2.25. The minimum absolute atomic E-state index is 0.263. The summed E-state index contributed by atoms with van der Waals surface area (Å²) in [5, 5.41) is 0.777. The lowest BCUT2D eigenvalue weighted by molar-refractivity contribution is 0.137. The molecule has 3 nitrogen and oxygen atoms in total. The molecular formula is C12H23NO2Si. The summed E-state index contributed by atoms with van der Waals surface area (Å²) in [6.07, 6.45) is 3.21. The Morgan fingerprint density at radius 1 is 1.31 bits per heavy atom. The van der Waals surface area contributed by atoms with Gasteiger partial charge in [0, 0.05) is 13.1 Å². The van der Waals surface area contributed by atoms with Crippen molar-refractivity contribution in [1.29, 1.82) is 0 Å². The SMILES string of the molecule is C=C/C=C(/OC(=O)N(CC)CC)[Si](C)(C)C. The van der Waals surface area contributed by atoms with Gasteiger partial charge in [0.05, 0.1) is 5.38 Å². The highest BCUT2D eigenvalue weighted by molar-refractivity contribution is 6.82. The van der Waals surface area contributed by atoms with E-state index in [-0.39, 0.29) is 6.09 Å². The average Bonchev–Trinajstić information content (AvgIpc) is 2.17. The van der Waals surface area contributed by atoms with Crippen LogP contribution in [0.5, 0.6) is 0 Å².